The molecule has 1 aromatic rings. The summed E-state index contributed by atoms with van der Waals surface area (Å²) in [4.78, 5) is 12.4. The maximum absolute atomic E-state index is 11.1. The van der Waals surface area contributed by atoms with E-state index in [1.54, 1.807) is 14.1 Å². The Morgan fingerprint density at radius 3 is 3.00 bits per heavy atom. The molecule has 0 aliphatic heterocycles. The van der Waals surface area contributed by atoms with Gasteiger partial charge in [-0.2, -0.15) is 15.0 Å². The third kappa shape index (κ3) is 1.84. The van der Waals surface area contributed by atoms with E-state index in [-0.39, 0.29) is 5.78 Å². The van der Waals surface area contributed by atoms with E-state index >= 15 is 0 Å². The van der Waals surface area contributed by atoms with E-state index in [2.05, 4.69) is 15.5 Å². The molecule has 1 aromatic heterocycles. The molecule has 1 heterocycles. The van der Waals surface area contributed by atoms with Crippen LogP contribution in [-0.4, -0.2) is 34.4 Å². The molecule has 0 amide bonds. The summed E-state index contributed by atoms with van der Waals surface area (Å²) >= 11 is 0. The van der Waals surface area contributed by atoms with Gasteiger partial charge in [0, 0.05) is 7.05 Å². The van der Waals surface area contributed by atoms with Crippen LogP contribution >= 0.6 is 0 Å². The van der Waals surface area contributed by atoms with Gasteiger partial charge in [0.2, 0.25) is 0 Å². The van der Waals surface area contributed by atoms with Gasteiger partial charge in [-0.15, -0.1) is 0 Å². The molecule has 5 nitrogen and oxygen atoms in total. The molecule has 0 aliphatic carbocycles. The van der Waals surface area contributed by atoms with Gasteiger partial charge in [0.05, 0.1) is 12.7 Å². The number of nitrogens with one attached hydrogen (secondary N) is 1. The fourth-order valence-electron chi connectivity index (χ4n) is 0.725. The Labute approximate surface area is 64.4 Å². The van der Waals surface area contributed by atoms with Gasteiger partial charge in [0.1, 0.15) is 5.69 Å². The molecule has 1 rings (SSSR count). The van der Waals surface area contributed by atoms with Gasteiger partial charge < -0.3 is 5.32 Å². The van der Waals surface area contributed by atoms with Crippen LogP contribution in [0.3, 0.4) is 0 Å². The molecular formula is C6H10N4O. The minimum absolute atomic E-state index is 0.0411. The Morgan fingerprint density at radius 1 is 1.82 bits per heavy atom. The minimum atomic E-state index is -0.0411. The van der Waals surface area contributed by atoms with Gasteiger partial charge >= 0.3 is 0 Å². The molecule has 60 valence electrons. The van der Waals surface area contributed by atoms with E-state index in [0.29, 0.717) is 12.2 Å². The van der Waals surface area contributed by atoms with E-state index in [0.717, 1.165) is 0 Å². The third-order valence-electron chi connectivity index (χ3n) is 1.22. The maximum atomic E-state index is 11.1. The molecule has 0 spiro atoms. The molecule has 0 unspecified atom stereocenters. The number of nitrogens with zero attached hydrogens (tertiary/aromatic N) is 3. The van der Waals surface area contributed by atoms with E-state index in [1.165, 1.54) is 11.0 Å². The molecule has 0 saturated heterocycles. The SMILES string of the molecule is CNCC(=O)c1cnn(C)n1. The van der Waals surface area contributed by atoms with Gasteiger partial charge in [0.15, 0.2) is 5.78 Å². The first-order chi connectivity index (χ1) is 5.24. The second kappa shape index (κ2) is 3.25. The van der Waals surface area contributed by atoms with Crippen molar-refractivity contribution in [3.05, 3.63) is 11.9 Å². The summed E-state index contributed by atoms with van der Waals surface area (Å²) in [6.07, 6.45) is 1.46. The Morgan fingerprint density at radius 2 is 2.55 bits per heavy atom. The number of Topliss-reactive ketones (excluding diaryl/α,β-unsaturated/α-hetero) is 1. The van der Waals surface area contributed by atoms with Crippen LogP contribution in [-0.2, 0) is 7.05 Å². The number of hydrogen-bond donors (Lipinski definition) is 1. The zero-order valence-electron chi connectivity index (χ0n) is 6.53. The number of rotatable bonds is 3. The summed E-state index contributed by atoms with van der Waals surface area (Å²) in [5, 5.41) is 10.4. The van der Waals surface area contributed by atoms with Crippen LogP contribution in [0.4, 0.5) is 0 Å². The number of ketones is 1. The maximum Gasteiger partial charge on any atom is 0.198 e. The van der Waals surface area contributed by atoms with Crippen molar-refractivity contribution in [2.45, 2.75) is 0 Å². The summed E-state index contributed by atoms with van der Waals surface area (Å²) in [7, 11) is 3.39. The predicted octanol–water partition coefficient (Wildman–Crippen LogP) is -0.783. The average molecular weight is 154 g/mol. The molecule has 11 heavy (non-hydrogen) atoms. The quantitative estimate of drug-likeness (QED) is 0.580. The molecule has 0 bridgehead atoms. The number of carbonyl (C=O) groups is 1. The summed E-state index contributed by atoms with van der Waals surface area (Å²) in [6, 6.07) is 0. The van der Waals surface area contributed by atoms with Crippen LogP contribution in [0.5, 0.6) is 0 Å². The lowest BCUT2D eigenvalue weighted by Crippen LogP contribution is -2.19. The van der Waals surface area contributed by atoms with Crippen molar-refractivity contribution in [2.75, 3.05) is 13.6 Å². The first-order valence-corrected chi connectivity index (χ1v) is 3.28. The molecule has 0 radical (unpaired) electrons. The van der Waals surface area contributed by atoms with Crippen LogP contribution in [0.25, 0.3) is 0 Å². The summed E-state index contributed by atoms with van der Waals surface area (Å²) in [5.41, 5.74) is 0.404. The van der Waals surface area contributed by atoms with Crippen molar-refractivity contribution in [2.24, 2.45) is 7.05 Å². The van der Waals surface area contributed by atoms with Crippen LogP contribution in [0.2, 0.25) is 0 Å². The van der Waals surface area contributed by atoms with Gasteiger partial charge in [-0.1, -0.05) is 0 Å². The Hall–Kier alpha value is -1.23. The van der Waals surface area contributed by atoms with Crippen molar-refractivity contribution in [1.29, 1.82) is 0 Å². The van der Waals surface area contributed by atoms with E-state index in [1.807, 2.05) is 0 Å². The van der Waals surface area contributed by atoms with Crippen molar-refractivity contribution in [3.63, 3.8) is 0 Å². The fourth-order valence-corrected chi connectivity index (χ4v) is 0.725. The monoisotopic (exact) mass is 154 g/mol. The predicted molar refractivity (Wildman–Crippen MR) is 39.3 cm³/mol. The highest BCUT2D eigenvalue weighted by Gasteiger charge is 2.07. The second-order valence-electron chi connectivity index (χ2n) is 2.17. The molecule has 0 aromatic carbocycles. The van der Waals surface area contributed by atoms with Gasteiger partial charge in [-0.05, 0) is 7.05 Å². The number of likely N-dealkylation sites (N-methyl/N-ethyl adjacent to an activating group) is 1. The van der Waals surface area contributed by atoms with Gasteiger partial charge in [0.25, 0.3) is 0 Å². The highest BCUT2D eigenvalue weighted by atomic mass is 16.1. The summed E-state index contributed by atoms with van der Waals surface area (Å²) in [5.74, 6) is -0.0411. The van der Waals surface area contributed by atoms with Gasteiger partial charge in [-0.25, -0.2) is 0 Å². The van der Waals surface area contributed by atoms with E-state index < -0.39 is 0 Å². The Bertz CT molecular complexity index is 255. The second-order valence-corrected chi connectivity index (χ2v) is 2.17. The number of aromatic nitrogens is 3. The molecule has 0 aliphatic rings. The van der Waals surface area contributed by atoms with E-state index in [4.69, 9.17) is 0 Å². The zero-order chi connectivity index (χ0) is 8.27. The fraction of sp³-hybridized carbons (Fsp3) is 0.500. The summed E-state index contributed by atoms with van der Waals surface area (Å²) in [6.45, 7) is 0.304. The minimum Gasteiger partial charge on any atom is -0.313 e. The lowest BCUT2D eigenvalue weighted by molar-refractivity contribution is 0.0988. The van der Waals surface area contributed by atoms with Crippen LogP contribution < -0.4 is 5.32 Å². The molecule has 0 fully saturated rings. The standard InChI is InChI=1S/C6H10N4O/c1-7-4-6(11)5-3-8-10(2)9-5/h3,7H,4H2,1-2H3. The van der Waals surface area contributed by atoms with Crippen LogP contribution in [0.1, 0.15) is 10.5 Å². The van der Waals surface area contributed by atoms with Crippen molar-refractivity contribution < 1.29 is 4.79 Å². The van der Waals surface area contributed by atoms with Crippen molar-refractivity contribution in [1.82, 2.24) is 20.3 Å². The first kappa shape index (κ1) is 7.87. The first-order valence-electron chi connectivity index (χ1n) is 3.28. The van der Waals surface area contributed by atoms with Crippen LogP contribution in [0, 0.1) is 0 Å². The third-order valence-corrected chi connectivity index (χ3v) is 1.22. The van der Waals surface area contributed by atoms with Crippen molar-refractivity contribution >= 4 is 5.78 Å². The normalized spacial score (nSPS) is 10.0. The molecular weight excluding hydrogens is 144 g/mol. The Kier molecular flexibility index (Phi) is 2.32. The lowest BCUT2D eigenvalue weighted by atomic mass is 10.3. The van der Waals surface area contributed by atoms with Crippen molar-refractivity contribution in [3.8, 4) is 0 Å². The zero-order valence-corrected chi connectivity index (χ0v) is 6.53. The van der Waals surface area contributed by atoms with Gasteiger partial charge in [-0.3, -0.25) is 4.79 Å². The topological polar surface area (TPSA) is 59.8 Å². The highest BCUT2D eigenvalue weighted by molar-refractivity contribution is 5.95. The lowest BCUT2D eigenvalue weighted by Gasteiger charge is -1.91. The number of hydrogen-bond acceptors (Lipinski definition) is 4. The molecule has 0 atom stereocenters. The molecule has 1 N–H and O–H groups in total. The number of carbonyl (C=O) groups excluding carboxylic acids is 1. The Balaban J connectivity index is 2.69. The average Bonchev–Trinajstić information content (AvgIpc) is 2.36. The van der Waals surface area contributed by atoms with Crippen LogP contribution in [0.15, 0.2) is 6.20 Å². The summed E-state index contributed by atoms with van der Waals surface area (Å²) < 4.78 is 0. The smallest absolute Gasteiger partial charge is 0.198 e. The largest absolute Gasteiger partial charge is 0.313 e. The molecule has 0 saturated carbocycles. The molecule has 5 heteroatoms. The number of aryl methyl sites for hydroxylation is 1. The van der Waals surface area contributed by atoms with E-state index in [9.17, 15) is 4.79 Å². The highest BCUT2D eigenvalue weighted by Crippen LogP contribution is 1.90.